The van der Waals surface area contributed by atoms with Crippen LogP contribution in [0, 0.1) is 0 Å². The summed E-state index contributed by atoms with van der Waals surface area (Å²) < 4.78 is 50.0. The van der Waals surface area contributed by atoms with Gasteiger partial charge in [0.1, 0.15) is 23.3 Å². The Labute approximate surface area is 181 Å². The number of aryl methyl sites for hydroxylation is 1. The molecule has 0 bridgehead atoms. The molecule has 1 aromatic heterocycles. The van der Waals surface area contributed by atoms with Crippen LogP contribution in [0.5, 0.6) is 11.5 Å². The van der Waals surface area contributed by atoms with Gasteiger partial charge in [-0.2, -0.15) is 5.10 Å². The molecule has 31 heavy (non-hydrogen) atoms. The van der Waals surface area contributed by atoms with Crippen LogP contribution in [0.15, 0.2) is 36.4 Å². The van der Waals surface area contributed by atoms with Gasteiger partial charge in [-0.25, -0.2) is 0 Å². The van der Waals surface area contributed by atoms with Gasteiger partial charge in [-0.15, -0.1) is 13.2 Å². The molecule has 2 aromatic carbocycles. The molecule has 1 fully saturated rings. The number of carbonyl (C=O) groups excluding carboxylic acids is 1. The van der Waals surface area contributed by atoms with E-state index in [1.165, 1.54) is 16.8 Å². The maximum absolute atomic E-state index is 12.8. The van der Waals surface area contributed by atoms with Crippen LogP contribution >= 0.6 is 11.6 Å². The zero-order valence-electron chi connectivity index (χ0n) is 16.5. The van der Waals surface area contributed by atoms with Crippen molar-refractivity contribution in [1.29, 1.82) is 0 Å². The van der Waals surface area contributed by atoms with E-state index < -0.39 is 6.36 Å². The van der Waals surface area contributed by atoms with Gasteiger partial charge < -0.3 is 14.4 Å². The molecule has 0 amide bonds. The van der Waals surface area contributed by atoms with Crippen molar-refractivity contribution in [2.24, 2.45) is 7.05 Å². The van der Waals surface area contributed by atoms with Crippen LogP contribution in [-0.4, -0.2) is 41.6 Å². The lowest BCUT2D eigenvalue weighted by Crippen LogP contribution is -2.38. The number of hydrogen-bond acceptors (Lipinski definition) is 5. The van der Waals surface area contributed by atoms with Gasteiger partial charge in [0.05, 0.1) is 16.6 Å². The van der Waals surface area contributed by atoms with E-state index in [0.717, 1.165) is 0 Å². The Hall–Kier alpha value is -2.94. The van der Waals surface area contributed by atoms with E-state index in [1.807, 2.05) is 4.90 Å². The number of benzene rings is 2. The molecule has 164 valence electrons. The predicted octanol–water partition coefficient (Wildman–Crippen LogP) is 4.99. The minimum atomic E-state index is -4.82. The Morgan fingerprint density at radius 2 is 1.81 bits per heavy atom. The van der Waals surface area contributed by atoms with Crippen molar-refractivity contribution in [3.63, 3.8) is 0 Å². The Morgan fingerprint density at radius 1 is 1.13 bits per heavy atom. The number of hydrogen-bond donors (Lipinski definition) is 0. The van der Waals surface area contributed by atoms with E-state index in [0.29, 0.717) is 59.6 Å². The maximum Gasteiger partial charge on any atom is 0.573 e. The fraction of sp³-hybridized carbons (Fsp3) is 0.333. The molecule has 0 unspecified atom stereocenters. The van der Waals surface area contributed by atoms with Gasteiger partial charge in [-0.05, 0) is 24.3 Å². The zero-order chi connectivity index (χ0) is 22.2. The molecule has 3 aromatic rings. The normalized spacial score (nSPS) is 15.3. The van der Waals surface area contributed by atoms with E-state index in [4.69, 9.17) is 16.3 Å². The molecule has 10 heteroatoms. The van der Waals surface area contributed by atoms with Crippen LogP contribution in [0.3, 0.4) is 0 Å². The second kappa shape index (κ2) is 8.30. The summed E-state index contributed by atoms with van der Waals surface area (Å²) in [5.41, 5.74) is 1.04. The number of rotatable bonds is 5. The van der Waals surface area contributed by atoms with E-state index in [1.54, 1.807) is 31.3 Å². The first-order valence-corrected chi connectivity index (χ1v) is 10.00. The smallest absolute Gasteiger partial charge is 0.490 e. The van der Waals surface area contributed by atoms with Crippen molar-refractivity contribution in [3.8, 4) is 11.5 Å². The number of piperidine rings is 1. The van der Waals surface area contributed by atoms with E-state index in [9.17, 15) is 18.0 Å². The van der Waals surface area contributed by atoms with Gasteiger partial charge in [0, 0.05) is 50.1 Å². The lowest BCUT2D eigenvalue weighted by Gasteiger charge is -2.34. The molecule has 0 atom stereocenters. The second-order valence-corrected chi connectivity index (χ2v) is 7.71. The minimum absolute atomic E-state index is 0.0398. The van der Waals surface area contributed by atoms with Crippen molar-refractivity contribution in [3.05, 3.63) is 47.1 Å². The molecule has 0 saturated carbocycles. The van der Waals surface area contributed by atoms with Crippen molar-refractivity contribution in [1.82, 2.24) is 9.78 Å². The maximum atomic E-state index is 12.8. The summed E-state index contributed by atoms with van der Waals surface area (Å²) in [5, 5.41) is 5.25. The largest absolute Gasteiger partial charge is 0.573 e. The summed E-state index contributed by atoms with van der Waals surface area (Å²) in [6, 6.07) is 9.63. The highest BCUT2D eigenvalue weighted by Gasteiger charge is 2.32. The fourth-order valence-electron chi connectivity index (χ4n) is 3.81. The average molecular weight is 454 g/mol. The summed E-state index contributed by atoms with van der Waals surface area (Å²) >= 11 is 5.89. The molecule has 0 radical (unpaired) electrons. The number of nitrogens with zero attached hydrogens (tertiary/aromatic N) is 3. The third kappa shape index (κ3) is 4.71. The van der Waals surface area contributed by atoms with Crippen LogP contribution < -0.4 is 14.4 Å². The average Bonchev–Trinajstić information content (AvgIpc) is 3.04. The number of aldehydes is 1. The molecule has 4 rings (SSSR count). The number of halogens is 4. The summed E-state index contributed by atoms with van der Waals surface area (Å²) in [5.74, 6) is 0.358. The topological polar surface area (TPSA) is 56.6 Å². The van der Waals surface area contributed by atoms with Gasteiger partial charge in [-0.1, -0.05) is 11.6 Å². The summed E-state index contributed by atoms with van der Waals surface area (Å²) in [6.45, 7) is 1.08. The second-order valence-electron chi connectivity index (χ2n) is 7.27. The van der Waals surface area contributed by atoms with Gasteiger partial charge in [0.25, 0.3) is 0 Å². The van der Waals surface area contributed by atoms with Crippen LogP contribution in [0.2, 0.25) is 5.02 Å². The Bertz CT molecular complexity index is 1090. The SMILES string of the molecule is Cn1nc(C=O)c2c(N3CCC(Oc4ccc(Cl)cc4)CC3)cc(OC(F)(F)F)cc21. The highest BCUT2D eigenvalue weighted by molar-refractivity contribution is 6.30. The molecule has 0 N–H and O–H groups in total. The first kappa shape index (κ1) is 21.3. The molecule has 1 aliphatic heterocycles. The van der Waals surface area contributed by atoms with Crippen molar-refractivity contribution in [2.45, 2.75) is 25.3 Å². The number of anilines is 1. The van der Waals surface area contributed by atoms with Crippen molar-refractivity contribution in [2.75, 3.05) is 18.0 Å². The number of carbonyl (C=O) groups is 1. The van der Waals surface area contributed by atoms with Gasteiger partial charge in [0.15, 0.2) is 6.29 Å². The molecule has 0 aliphatic carbocycles. The monoisotopic (exact) mass is 453 g/mol. The van der Waals surface area contributed by atoms with E-state index >= 15 is 0 Å². The van der Waals surface area contributed by atoms with Gasteiger partial charge >= 0.3 is 6.36 Å². The number of aromatic nitrogens is 2. The predicted molar refractivity (Wildman–Crippen MR) is 110 cm³/mol. The van der Waals surface area contributed by atoms with Crippen LogP contribution in [0.1, 0.15) is 23.3 Å². The Balaban J connectivity index is 1.59. The van der Waals surface area contributed by atoms with Crippen molar-refractivity contribution >= 4 is 34.5 Å². The Morgan fingerprint density at radius 3 is 2.42 bits per heavy atom. The summed E-state index contributed by atoms with van der Waals surface area (Å²) in [4.78, 5) is 13.5. The molecule has 0 spiro atoms. The van der Waals surface area contributed by atoms with Crippen LogP contribution in [-0.2, 0) is 7.05 Å². The molecular formula is C21H19ClF3N3O3. The first-order valence-electron chi connectivity index (χ1n) is 9.62. The quantitative estimate of drug-likeness (QED) is 0.510. The van der Waals surface area contributed by atoms with Crippen LogP contribution in [0.4, 0.5) is 18.9 Å². The number of ether oxygens (including phenoxy) is 2. The van der Waals surface area contributed by atoms with Gasteiger partial charge in [0.2, 0.25) is 0 Å². The zero-order valence-corrected chi connectivity index (χ0v) is 17.3. The van der Waals surface area contributed by atoms with Gasteiger partial charge in [-0.3, -0.25) is 9.48 Å². The lowest BCUT2D eigenvalue weighted by atomic mass is 10.0. The highest BCUT2D eigenvalue weighted by atomic mass is 35.5. The fourth-order valence-corrected chi connectivity index (χ4v) is 3.94. The first-order chi connectivity index (χ1) is 14.7. The standard InChI is InChI=1S/C21H19ClF3N3O3/c1-27-18-10-16(31-21(23,24)25)11-19(20(18)17(12-29)26-27)28-8-6-15(7-9-28)30-14-4-2-13(22)3-5-14/h2-5,10-12,15H,6-9H2,1H3. The third-order valence-corrected chi connectivity index (χ3v) is 5.43. The lowest BCUT2D eigenvalue weighted by molar-refractivity contribution is -0.274. The van der Waals surface area contributed by atoms with Crippen LogP contribution in [0.25, 0.3) is 10.9 Å². The molecule has 6 nitrogen and oxygen atoms in total. The van der Waals surface area contributed by atoms with E-state index in [2.05, 4.69) is 9.84 Å². The highest BCUT2D eigenvalue weighted by Crippen LogP contribution is 2.37. The Kier molecular flexibility index (Phi) is 5.70. The summed E-state index contributed by atoms with van der Waals surface area (Å²) in [7, 11) is 1.57. The number of alkyl halides is 3. The minimum Gasteiger partial charge on any atom is -0.490 e. The molecule has 1 aliphatic rings. The number of fused-ring (bicyclic) bond motifs is 1. The molecular weight excluding hydrogens is 435 g/mol. The third-order valence-electron chi connectivity index (χ3n) is 5.18. The van der Waals surface area contributed by atoms with Crippen molar-refractivity contribution < 1.29 is 27.4 Å². The molecule has 2 heterocycles. The summed E-state index contributed by atoms with van der Waals surface area (Å²) in [6.07, 6.45) is -2.94. The van der Waals surface area contributed by atoms with E-state index in [-0.39, 0.29) is 17.5 Å². The molecule has 1 saturated heterocycles.